The first-order valence-electron chi connectivity index (χ1n) is 4.68. The summed E-state index contributed by atoms with van der Waals surface area (Å²) in [7, 11) is 1.55. The van der Waals surface area contributed by atoms with E-state index in [1.807, 2.05) is 6.07 Å². The zero-order valence-electron chi connectivity index (χ0n) is 8.29. The van der Waals surface area contributed by atoms with Crippen LogP contribution >= 0.6 is 11.6 Å². The molecule has 2 heterocycles. The number of hydrogen-bond donors (Lipinski definition) is 1. The van der Waals surface area contributed by atoms with E-state index < -0.39 is 0 Å². The van der Waals surface area contributed by atoms with Crippen molar-refractivity contribution in [3.8, 4) is 5.88 Å². The molecule has 1 aromatic heterocycles. The minimum absolute atomic E-state index is 0.0667. The first-order valence-corrected chi connectivity index (χ1v) is 5.05. The molecule has 1 unspecified atom stereocenters. The van der Waals surface area contributed by atoms with Gasteiger partial charge in [0.05, 0.1) is 7.11 Å². The van der Waals surface area contributed by atoms with Gasteiger partial charge in [0.25, 0.3) is 0 Å². The topological polar surface area (TPSA) is 51.2 Å². The molecule has 0 aliphatic carbocycles. The quantitative estimate of drug-likeness (QED) is 0.775. The van der Waals surface area contributed by atoms with Crippen LogP contribution in [0.1, 0.15) is 17.9 Å². The van der Waals surface area contributed by atoms with Crippen LogP contribution in [0.15, 0.2) is 12.1 Å². The maximum Gasteiger partial charge on any atom is 0.220 e. The van der Waals surface area contributed by atoms with Gasteiger partial charge >= 0.3 is 0 Å². The molecule has 1 amide bonds. The van der Waals surface area contributed by atoms with Crippen LogP contribution in [0.5, 0.6) is 5.88 Å². The van der Waals surface area contributed by atoms with E-state index >= 15 is 0 Å². The van der Waals surface area contributed by atoms with Crippen molar-refractivity contribution in [1.29, 1.82) is 0 Å². The molecule has 2 rings (SSSR count). The molecule has 5 heteroatoms. The first-order chi connectivity index (χ1) is 7.20. The second-order valence-corrected chi connectivity index (χ2v) is 3.82. The van der Waals surface area contributed by atoms with Crippen molar-refractivity contribution in [2.75, 3.05) is 13.7 Å². The summed E-state index contributed by atoms with van der Waals surface area (Å²) in [5, 5.41) is 3.17. The highest BCUT2D eigenvalue weighted by atomic mass is 35.5. The van der Waals surface area contributed by atoms with Crippen LogP contribution < -0.4 is 10.1 Å². The van der Waals surface area contributed by atoms with E-state index in [0.29, 0.717) is 24.0 Å². The predicted octanol–water partition coefficient (Wildman–Crippen LogP) is 1.35. The Bertz CT molecular complexity index is 395. The summed E-state index contributed by atoms with van der Waals surface area (Å²) in [6.07, 6.45) is 0.486. The Morgan fingerprint density at radius 3 is 3.00 bits per heavy atom. The van der Waals surface area contributed by atoms with Gasteiger partial charge in [0.1, 0.15) is 5.15 Å². The molecule has 15 heavy (non-hydrogen) atoms. The van der Waals surface area contributed by atoms with E-state index in [4.69, 9.17) is 16.3 Å². The fraction of sp³-hybridized carbons (Fsp3) is 0.400. The molecular weight excluding hydrogens is 216 g/mol. The molecule has 1 fully saturated rings. The zero-order chi connectivity index (χ0) is 10.8. The number of halogens is 1. The van der Waals surface area contributed by atoms with Crippen LogP contribution in [-0.4, -0.2) is 24.5 Å². The summed E-state index contributed by atoms with van der Waals surface area (Å²) in [6.45, 7) is 0.637. The van der Waals surface area contributed by atoms with Crippen molar-refractivity contribution < 1.29 is 9.53 Å². The lowest BCUT2D eigenvalue weighted by Gasteiger charge is -2.11. The molecule has 0 radical (unpaired) electrons. The van der Waals surface area contributed by atoms with Gasteiger partial charge < -0.3 is 10.1 Å². The van der Waals surface area contributed by atoms with Gasteiger partial charge in [-0.25, -0.2) is 4.98 Å². The zero-order valence-corrected chi connectivity index (χ0v) is 9.04. The minimum Gasteiger partial charge on any atom is -0.481 e. The number of methoxy groups -OCH3 is 1. The third-order valence-corrected chi connectivity index (χ3v) is 2.68. The fourth-order valence-corrected chi connectivity index (χ4v) is 1.87. The summed E-state index contributed by atoms with van der Waals surface area (Å²) in [5.41, 5.74) is 0.931. The summed E-state index contributed by atoms with van der Waals surface area (Å²) in [6, 6.07) is 3.57. The molecule has 1 aliphatic rings. The van der Waals surface area contributed by atoms with Crippen molar-refractivity contribution in [2.24, 2.45) is 0 Å². The molecular formula is C10H11ClN2O2. The third-order valence-electron chi connectivity index (χ3n) is 2.47. The maximum absolute atomic E-state index is 11.1. The van der Waals surface area contributed by atoms with Crippen molar-refractivity contribution >= 4 is 17.5 Å². The number of ether oxygens (including phenoxy) is 1. The molecule has 1 atom stereocenters. The van der Waals surface area contributed by atoms with Crippen LogP contribution in [0.2, 0.25) is 5.15 Å². The van der Waals surface area contributed by atoms with Gasteiger partial charge in [-0.3, -0.25) is 4.79 Å². The number of aromatic nitrogens is 1. The second-order valence-electron chi connectivity index (χ2n) is 3.44. The molecule has 1 aromatic rings. The average molecular weight is 227 g/mol. The highest BCUT2D eigenvalue weighted by Gasteiger charge is 2.26. The number of hydrogen-bond acceptors (Lipinski definition) is 3. The number of rotatable bonds is 2. The summed E-state index contributed by atoms with van der Waals surface area (Å²) < 4.78 is 5.14. The Balaban J connectivity index is 2.31. The van der Waals surface area contributed by atoms with Gasteiger partial charge in [-0.15, -0.1) is 0 Å². The Labute approximate surface area is 92.6 Å². The second kappa shape index (κ2) is 4.06. The smallest absolute Gasteiger partial charge is 0.220 e. The Morgan fingerprint density at radius 1 is 1.60 bits per heavy atom. The minimum atomic E-state index is 0.0667. The predicted molar refractivity (Wildman–Crippen MR) is 56.2 cm³/mol. The molecule has 4 nitrogen and oxygen atoms in total. The Kier molecular flexibility index (Phi) is 2.77. The fourth-order valence-electron chi connectivity index (χ4n) is 1.73. The lowest BCUT2D eigenvalue weighted by atomic mass is 9.99. The van der Waals surface area contributed by atoms with Crippen molar-refractivity contribution in [1.82, 2.24) is 10.3 Å². The number of amides is 1. The first kappa shape index (κ1) is 10.2. The van der Waals surface area contributed by atoms with Crippen molar-refractivity contribution in [3.05, 3.63) is 22.8 Å². The highest BCUT2D eigenvalue weighted by molar-refractivity contribution is 6.29. The van der Waals surface area contributed by atoms with Crippen molar-refractivity contribution in [2.45, 2.75) is 12.3 Å². The lowest BCUT2D eigenvalue weighted by molar-refractivity contribution is -0.119. The van der Waals surface area contributed by atoms with Crippen molar-refractivity contribution in [3.63, 3.8) is 0 Å². The van der Waals surface area contributed by atoms with Gasteiger partial charge in [-0.1, -0.05) is 17.7 Å². The van der Waals surface area contributed by atoms with Gasteiger partial charge in [-0.05, 0) is 6.07 Å². The Morgan fingerprint density at radius 2 is 2.40 bits per heavy atom. The van der Waals surface area contributed by atoms with E-state index in [9.17, 15) is 4.79 Å². The van der Waals surface area contributed by atoms with Gasteiger partial charge in [0.15, 0.2) is 0 Å². The summed E-state index contributed by atoms with van der Waals surface area (Å²) >= 11 is 5.76. The molecule has 1 N–H and O–H groups in total. The normalized spacial score (nSPS) is 20.1. The number of nitrogens with zero attached hydrogens (tertiary/aromatic N) is 1. The number of carbonyl (C=O) groups is 1. The number of pyridine rings is 1. The van der Waals surface area contributed by atoms with Crippen LogP contribution in [0, 0.1) is 0 Å². The SMILES string of the molecule is COc1nc(Cl)ccc1C1CNC(=O)C1. The maximum atomic E-state index is 11.1. The molecule has 0 aromatic carbocycles. The molecule has 80 valence electrons. The van der Waals surface area contributed by atoms with Gasteiger partial charge in [0.2, 0.25) is 11.8 Å². The average Bonchev–Trinajstić information content (AvgIpc) is 2.64. The van der Waals surface area contributed by atoms with E-state index in [-0.39, 0.29) is 11.8 Å². The van der Waals surface area contributed by atoms with Crippen LogP contribution in [0.25, 0.3) is 0 Å². The standard InChI is InChI=1S/C10H11ClN2O2/c1-15-10-7(2-3-8(11)13-10)6-4-9(14)12-5-6/h2-3,6H,4-5H2,1H3,(H,12,14). The number of carbonyl (C=O) groups excluding carboxylic acids is 1. The van der Waals surface area contributed by atoms with Gasteiger partial charge in [-0.2, -0.15) is 0 Å². The van der Waals surface area contributed by atoms with E-state index in [1.54, 1.807) is 13.2 Å². The Hall–Kier alpha value is -1.29. The van der Waals surface area contributed by atoms with Gasteiger partial charge in [0, 0.05) is 24.4 Å². The highest BCUT2D eigenvalue weighted by Crippen LogP contribution is 2.30. The third kappa shape index (κ3) is 2.04. The van der Waals surface area contributed by atoms with Crippen LogP contribution in [0.4, 0.5) is 0 Å². The van der Waals surface area contributed by atoms with Crippen LogP contribution in [-0.2, 0) is 4.79 Å². The number of nitrogens with one attached hydrogen (secondary N) is 1. The summed E-state index contributed by atoms with van der Waals surface area (Å²) in [4.78, 5) is 15.2. The molecule has 1 saturated heterocycles. The molecule has 1 aliphatic heterocycles. The largest absolute Gasteiger partial charge is 0.481 e. The molecule has 0 bridgehead atoms. The van der Waals surface area contributed by atoms with Crippen LogP contribution in [0.3, 0.4) is 0 Å². The summed E-state index contributed by atoms with van der Waals surface area (Å²) in [5.74, 6) is 0.707. The lowest BCUT2D eigenvalue weighted by Crippen LogP contribution is -2.13. The molecule has 0 spiro atoms. The van der Waals surface area contributed by atoms with E-state index in [1.165, 1.54) is 0 Å². The molecule has 0 saturated carbocycles. The van der Waals surface area contributed by atoms with E-state index in [0.717, 1.165) is 5.56 Å². The van der Waals surface area contributed by atoms with E-state index in [2.05, 4.69) is 10.3 Å². The monoisotopic (exact) mass is 226 g/mol.